The lowest BCUT2D eigenvalue weighted by Crippen LogP contribution is -2.45. The van der Waals surface area contributed by atoms with Crippen LogP contribution in [0, 0.1) is 0 Å². The van der Waals surface area contributed by atoms with Crippen molar-refractivity contribution in [2.45, 2.75) is 12.5 Å². The van der Waals surface area contributed by atoms with E-state index in [9.17, 15) is 9.90 Å². The van der Waals surface area contributed by atoms with Gasteiger partial charge in [0, 0.05) is 10.7 Å². The second-order valence-corrected chi connectivity index (χ2v) is 5.11. The molecule has 2 aromatic rings. The van der Waals surface area contributed by atoms with E-state index in [2.05, 4.69) is 5.32 Å². The van der Waals surface area contributed by atoms with Gasteiger partial charge < -0.3 is 16.2 Å². The Morgan fingerprint density at radius 3 is 2.55 bits per heavy atom. The van der Waals surface area contributed by atoms with Crippen LogP contribution in [0.1, 0.15) is 12.5 Å². The molecule has 0 heterocycles. The van der Waals surface area contributed by atoms with Crippen LogP contribution >= 0.6 is 11.6 Å². The first-order valence-electron chi connectivity index (χ1n) is 6.05. The lowest BCUT2D eigenvalue weighted by molar-refractivity contribution is -0.122. The molecule has 0 aliphatic heterocycles. The number of amides is 1. The predicted octanol–water partition coefficient (Wildman–Crippen LogP) is 2.86. The maximum Gasteiger partial charge on any atom is 0.247 e. The highest BCUT2D eigenvalue weighted by Crippen LogP contribution is 2.29. The number of phenols is 1. The summed E-state index contributed by atoms with van der Waals surface area (Å²) >= 11 is 5.93. The van der Waals surface area contributed by atoms with Gasteiger partial charge in [-0.2, -0.15) is 0 Å². The number of hydrogen-bond acceptors (Lipinski definition) is 3. The van der Waals surface area contributed by atoms with Crippen molar-refractivity contribution >= 4 is 23.2 Å². The van der Waals surface area contributed by atoms with Crippen LogP contribution in [0.4, 0.5) is 5.69 Å². The van der Waals surface area contributed by atoms with Gasteiger partial charge in [0.05, 0.1) is 0 Å². The van der Waals surface area contributed by atoms with Gasteiger partial charge in [0.2, 0.25) is 5.91 Å². The van der Waals surface area contributed by atoms with Gasteiger partial charge in [0.25, 0.3) is 0 Å². The highest BCUT2D eigenvalue weighted by atomic mass is 35.5. The second-order valence-electron chi connectivity index (χ2n) is 4.67. The zero-order chi connectivity index (χ0) is 14.8. The molecule has 5 heteroatoms. The number of carbonyl (C=O) groups excluding carboxylic acids is 1. The number of benzene rings is 2. The summed E-state index contributed by atoms with van der Waals surface area (Å²) in [6, 6.07) is 13.4. The van der Waals surface area contributed by atoms with Crippen LogP contribution in [-0.4, -0.2) is 11.0 Å². The quantitative estimate of drug-likeness (QED) is 0.810. The number of nitrogens with two attached hydrogens (primary N) is 1. The largest absolute Gasteiger partial charge is 0.508 e. The number of anilines is 1. The summed E-state index contributed by atoms with van der Waals surface area (Å²) in [6.07, 6.45) is 0. The van der Waals surface area contributed by atoms with E-state index in [4.69, 9.17) is 17.3 Å². The summed E-state index contributed by atoms with van der Waals surface area (Å²) in [5.41, 5.74) is 5.62. The maximum atomic E-state index is 11.9. The first-order valence-corrected chi connectivity index (χ1v) is 6.43. The third-order valence-corrected chi connectivity index (χ3v) is 3.37. The number of primary amides is 1. The third-order valence-electron chi connectivity index (χ3n) is 3.14. The van der Waals surface area contributed by atoms with Crippen molar-refractivity contribution < 1.29 is 9.90 Å². The van der Waals surface area contributed by atoms with Crippen molar-refractivity contribution in [1.82, 2.24) is 0 Å². The lowest BCUT2D eigenvalue weighted by atomic mass is 9.90. The smallest absolute Gasteiger partial charge is 0.247 e. The van der Waals surface area contributed by atoms with Crippen molar-refractivity contribution in [3.8, 4) is 5.75 Å². The molecule has 104 valence electrons. The summed E-state index contributed by atoms with van der Waals surface area (Å²) in [7, 11) is 0. The van der Waals surface area contributed by atoms with Crippen molar-refractivity contribution in [2.24, 2.45) is 5.73 Å². The van der Waals surface area contributed by atoms with Crippen LogP contribution in [-0.2, 0) is 10.3 Å². The summed E-state index contributed by atoms with van der Waals surface area (Å²) in [5.74, 6) is -0.481. The molecule has 1 unspecified atom stereocenters. The number of phenolic OH excluding ortho intramolecular Hbond substituents is 1. The fourth-order valence-electron chi connectivity index (χ4n) is 1.95. The molecule has 4 nitrogen and oxygen atoms in total. The molecule has 1 amide bonds. The highest BCUT2D eigenvalue weighted by molar-refractivity contribution is 6.30. The number of nitrogens with one attached hydrogen (secondary N) is 1. The Kier molecular flexibility index (Phi) is 3.86. The normalized spacial score (nSPS) is 13.5. The average Bonchev–Trinajstić information content (AvgIpc) is 2.38. The monoisotopic (exact) mass is 290 g/mol. The van der Waals surface area contributed by atoms with Crippen molar-refractivity contribution in [3.63, 3.8) is 0 Å². The lowest BCUT2D eigenvalue weighted by Gasteiger charge is -2.29. The molecule has 20 heavy (non-hydrogen) atoms. The first-order chi connectivity index (χ1) is 9.41. The molecule has 0 radical (unpaired) electrons. The number of hydrogen-bond donors (Lipinski definition) is 3. The summed E-state index contributed by atoms with van der Waals surface area (Å²) in [5, 5.41) is 13.2. The van der Waals surface area contributed by atoms with Crippen molar-refractivity contribution in [3.05, 3.63) is 59.1 Å². The Balaban J connectivity index is 2.42. The highest BCUT2D eigenvalue weighted by Gasteiger charge is 2.33. The van der Waals surface area contributed by atoms with E-state index in [1.165, 1.54) is 12.1 Å². The summed E-state index contributed by atoms with van der Waals surface area (Å²) < 4.78 is 0. The SMILES string of the molecule is CC(Nc1cccc(Cl)c1)(C(N)=O)c1cccc(O)c1. The minimum absolute atomic E-state index is 0.0721. The van der Waals surface area contributed by atoms with Gasteiger partial charge in [0.1, 0.15) is 11.3 Å². The first kappa shape index (κ1) is 14.2. The zero-order valence-electron chi connectivity index (χ0n) is 10.9. The standard InChI is InChI=1S/C15H15ClN2O2/c1-15(14(17)20,10-4-2-7-13(19)8-10)18-12-6-3-5-11(16)9-12/h2-9,18-19H,1H3,(H2,17,20). The Hall–Kier alpha value is -2.20. The fraction of sp³-hybridized carbons (Fsp3) is 0.133. The molecule has 0 fully saturated rings. The molecule has 0 saturated carbocycles. The third kappa shape index (κ3) is 2.86. The van der Waals surface area contributed by atoms with Crippen molar-refractivity contribution in [2.75, 3.05) is 5.32 Å². The minimum atomic E-state index is -1.15. The molecular weight excluding hydrogens is 276 g/mol. The second kappa shape index (κ2) is 5.43. The Labute approximate surface area is 122 Å². The van der Waals surface area contributed by atoms with Crippen molar-refractivity contribution in [1.29, 1.82) is 0 Å². The molecule has 0 saturated heterocycles. The van der Waals surface area contributed by atoms with Gasteiger partial charge in [-0.1, -0.05) is 29.8 Å². The average molecular weight is 291 g/mol. The van der Waals surface area contributed by atoms with Crippen LogP contribution in [0.2, 0.25) is 5.02 Å². The van der Waals surface area contributed by atoms with Crippen LogP contribution < -0.4 is 11.1 Å². The van der Waals surface area contributed by atoms with Gasteiger partial charge in [-0.15, -0.1) is 0 Å². The van der Waals surface area contributed by atoms with Crippen LogP contribution in [0.15, 0.2) is 48.5 Å². The van der Waals surface area contributed by atoms with E-state index in [0.717, 1.165) is 0 Å². The van der Waals surface area contributed by atoms with Gasteiger partial charge in [-0.3, -0.25) is 4.79 Å². The Bertz CT molecular complexity index is 645. The Morgan fingerprint density at radius 1 is 1.25 bits per heavy atom. The fourth-order valence-corrected chi connectivity index (χ4v) is 2.14. The van der Waals surface area contributed by atoms with E-state index in [0.29, 0.717) is 16.3 Å². The van der Waals surface area contributed by atoms with Gasteiger partial charge in [-0.25, -0.2) is 0 Å². The molecular formula is C15H15ClN2O2. The molecule has 0 aromatic heterocycles. The topological polar surface area (TPSA) is 75.3 Å². The van der Waals surface area contributed by atoms with E-state index < -0.39 is 11.4 Å². The van der Waals surface area contributed by atoms with E-state index >= 15 is 0 Å². The number of rotatable bonds is 4. The molecule has 4 N–H and O–H groups in total. The van der Waals surface area contributed by atoms with Crippen LogP contribution in [0.3, 0.4) is 0 Å². The Morgan fingerprint density at radius 2 is 1.95 bits per heavy atom. The molecule has 2 rings (SSSR count). The van der Waals surface area contributed by atoms with E-state index in [1.807, 2.05) is 0 Å². The van der Waals surface area contributed by atoms with Gasteiger partial charge in [-0.05, 0) is 42.8 Å². The van der Waals surface area contributed by atoms with Gasteiger partial charge >= 0.3 is 0 Å². The maximum absolute atomic E-state index is 11.9. The molecule has 2 aromatic carbocycles. The van der Waals surface area contributed by atoms with Crippen LogP contribution in [0.5, 0.6) is 5.75 Å². The summed E-state index contributed by atoms with van der Waals surface area (Å²) in [4.78, 5) is 11.9. The predicted molar refractivity (Wildman–Crippen MR) is 79.7 cm³/mol. The van der Waals surface area contributed by atoms with E-state index in [-0.39, 0.29) is 5.75 Å². The number of carbonyl (C=O) groups is 1. The van der Waals surface area contributed by atoms with E-state index in [1.54, 1.807) is 43.3 Å². The summed E-state index contributed by atoms with van der Waals surface area (Å²) in [6.45, 7) is 1.66. The number of halogens is 1. The molecule has 0 bridgehead atoms. The molecule has 0 spiro atoms. The zero-order valence-corrected chi connectivity index (χ0v) is 11.7. The number of aromatic hydroxyl groups is 1. The molecule has 0 aliphatic rings. The minimum Gasteiger partial charge on any atom is -0.508 e. The molecule has 1 atom stereocenters. The molecule has 0 aliphatic carbocycles. The van der Waals surface area contributed by atoms with Gasteiger partial charge in [0.15, 0.2) is 0 Å². The van der Waals surface area contributed by atoms with Crippen LogP contribution in [0.25, 0.3) is 0 Å².